The number of anilines is 1. The second-order valence-corrected chi connectivity index (χ2v) is 6.37. The Balaban J connectivity index is 2.38. The Kier molecular flexibility index (Phi) is 3.92. The zero-order chi connectivity index (χ0) is 12.6. The lowest BCUT2D eigenvalue weighted by atomic mass is 10.3. The second-order valence-electron chi connectivity index (χ2n) is 3.36. The van der Waals surface area contributed by atoms with Crippen molar-refractivity contribution in [1.29, 1.82) is 0 Å². The van der Waals surface area contributed by atoms with Crippen molar-refractivity contribution in [3.8, 4) is 0 Å². The molecule has 1 heterocycles. The largest absolute Gasteiger partial charge is 0.301 e. The summed E-state index contributed by atoms with van der Waals surface area (Å²) in [4.78, 5) is 15.7. The number of carbonyl (C=O) groups is 1. The van der Waals surface area contributed by atoms with Gasteiger partial charge in [-0.2, -0.15) is 0 Å². The van der Waals surface area contributed by atoms with Gasteiger partial charge in [-0.3, -0.25) is 4.79 Å². The molecule has 1 aromatic carbocycles. The van der Waals surface area contributed by atoms with Crippen LogP contribution < -0.4 is 5.32 Å². The predicted octanol–water partition coefficient (Wildman–Crippen LogP) is 4.28. The van der Waals surface area contributed by atoms with E-state index >= 15 is 0 Å². The number of carbonyl (C=O) groups excluding carboxylic acids is 1. The van der Waals surface area contributed by atoms with Gasteiger partial charge in [0.1, 0.15) is 10.9 Å². The first kappa shape index (κ1) is 13.1. The highest BCUT2D eigenvalue weighted by atomic mass is 79.9. The lowest BCUT2D eigenvalue weighted by Crippen LogP contribution is -2.19. The lowest BCUT2D eigenvalue weighted by molar-refractivity contribution is -0.115. The summed E-state index contributed by atoms with van der Waals surface area (Å²) in [6.07, 6.45) is 0. The van der Waals surface area contributed by atoms with Crippen LogP contribution >= 0.6 is 50.5 Å². The van der Waals surface area contributed by atoms with Crippen LogP contribution in [-0.4, -0.2) is 16.3 Å². The molecule has 0 radical (unpaired) electrons. The van der Waals surface area contributed by atoms with E-state index in [0.717, 1.165) is 9.17 Å². The number of hydrogen-bond donors (Lipinski definition) is 1. The second kappa shape index (κ2) is 5.10. The van der Waals surface area contributed by atoms with E-state index in [1.165, 1.54) is 11.3 Å². The average molecular weight is 354 g/mol. The van der Waals surface area contributed by atoms with Crippen molar-refractivity contribution < 1.29 is 4.79 Å². The fourth-order valence-electron chi connectivity index (χ4n) is 1.22. The zero-order valence-corrected chi connectivity index (χ0v) is 12.5. The molecule has 1 aromatic heterocycles. The van der Waals surface area contributed by atoms with Crippen molar-refractivity contribution in [3.63, 3.8) is 0 Å². The molecule has 0 bridgehead atoms. The molecule has 3 nitrogen and oxygen atoms in total. The van der Waals surface area contributed by atoms with Crippen LogP contribution in [0.4, 0.5) is 5.13 Å². The Morgan fingerprint density at radius 3 is 2.94 bits per heavy atom. The first-order valence-corrected chi connectivity index (χ1v) is 7.10. The van der Waals surface area contributed by atoms with Crippen LogP contribution in [0.25, 0.3) is 10.2 Å². The van der Waals surface area contributed by atoms with Crippen LogP contribution in [0.1, 0.15) is 6.92 Å². The smallest absolute Gasteiger partial charge is 0.243 e. The quantitative estimate of drug-likeness (QED) is 0.819. The molecule has 1 atom stereocenters. The normalized spacial score (nSPS) is 12.7. The molecular formula is C10H7BrCl2N2OS. The highest BCUT2D eigenvalue weighted by Gasteiger charge is 2.13. The Hall–Kier alpha value is -0.360. The first-order chi connectivity index (χ1) is 7.97. The molecule has 0 saturated carbocycles. The highest BCUT2D eigenvalue weighted by Crippen LogP contribution is 2.33. The summed E-state index contributed by atoms with van der Waals surface area (Å²) in [5.41, 5.74) is 0.678. The van der Waals surface area contributed by atoms with Gasteiger partial charge in [0.05, 0.1) is 9.72 Å². The summed E-state index contributed by atoms with van der Waals surface area (Å²) in [5, 5.41) is 3.09. The Labute approximate surface area is 120 Å². The maximum atomic E-state index is 11.4. The number of benzene rings is 1. The molecule has 0 spiro atoms. The molecule has 0 saturated heterocycles. The molecule has 0 aliphatic rings. The van der Waals surface area contributed by atoms with Crippen LogP contribution in [0.3, 0.4) is 0 Å². The summed E-state index contributed by atoms with van der Waals surface area (Å²) < 4.78 is 1.78. The maximum Gasteiger partial charge on any atom is 0.243 e. The van der Waals surface area contributed by atoms with Gasteiger partial charge in [-0.25, -0.2) is 4.98 Å². The van der Waals surface area contributed by atoms with E-state index in [-0.39, 0.29) is 5.91 Å². The van der Waals surface area contributed by atoms with E-state index in [1.807, 2.05) is 6.07 Å². The van der Waals surface area contributed by atoms with Crippen molar-refractivity contribution in [1.82, 2.24) is 4.98 Å². The fraction of sp³-hybridized carbons (Fsp3) is 0.200. The third kappa shape index (κ3) is 2.91. The minimum atomic E-state index is -0.593. The molecular weight excluding hydrogens is 347 g/mol. The van der Waals surface area contributed by atoms with Crippen LogP contribution in [0.5, 0.6) is 0 Å². The van der Waals surface area contributed by atoms with E-state index in [1.54, 1.807) is 13.0 Å². The van der Waals surface area contributed by atoms with Gasteiger partial charge in [-0.05, 0) is 19.1 Å². The lowest BCUT2D eigenvalue weighted by Gasteiger charge is -2.01. The van der Waals surface area contributed by atoms with Gasteiger partial charge in [-0.15, -0.1) is 11.6 Å². The van der Waals surface area contributed by atoms with Gasteiger partial charge in [-0.1, -0.05) is 38.9 Å². The van der Waals surface area contributed by atoms with Gasteiger partial charge in [0.25, 0.3) is 0 Å². The molecule has 90 valence electrons. The van der Waals surface area contributed by atoms with E-state index in [0.29, 0.717) is 15.7 Å². The molecule has 2 rings (SSSR count). The van der Waals surface area contributed by atoms with Gasteiger partial charge in [0, 0.05) is 4.47 Å². The first-order valence-electron chi connectivity index (χ1n) is 4.68. The molecule has 0 unspecified atom stereocenters. The van der Waals surface area contributed by atoms with Gasteiger partial charge < -0.3 is 5.32 Å². The summed E-state index contributed by atoms with van der Waals surface area (Å²) >= 11 is 16.4. The van der Waals surface area contributed by atoms with Gasteiger partial charge in [0.15, 0.2) is 5.13 Å². The molecule has 1 N–H and O–H groups in total. The van der Waals surface area contributed by atoms with E-state index in [2.05, 4.69) is 26.2 Å². The number of fused-ring (bicyclic) bond motifs is 1. The predicted molar refractivity (Wildman–Crippen MR) is 76.3 cm³/mol. The highest BCUT2D eigenvalue weighted by molar-refractivity contribution is 9.10. The molecule has 7 heteroatoms. The number of rotatable bonds is 2. The van der Waals surface area contributed by atoms with Crippen LogP contribution in [0, 0.1) is 0 Å². The molecule has 0 aliphatic carbocycles. The average Bonchev–Trinajstić information content (AvgIpc) is 2.60. The monoisotopic (exact) mass is 352 g/mol. The van der Waals surface area contributed by atoms with Crippen LogP contribution in [0.15, 0.2) is 16.6 Å². The Morgan fingerprint density at radius 2 is 2.29 bits per heavy atom. The van der Waals surface area contributed by atoms with Crippen LogP contribution in [0.2, 0.25) is 5.02 Å². The van der Waals surface area contributed by atoms with Crippen molar-refractivity contribution >= 4 is 71.7 Å². The number of amides is 1. The number of hydrogen-bond acceptors (Lipinski definition) is 3. The van der Waals surface area contributed by atoms with E-state index in [4.69, 9.17) is 23.2 Å². The van der Waals surface area contributed by atoms with Crippen molar-refractivity contribution in [2.24, 2.45) is 0 Å². The minimum Gasteiger partial charge on any atom is -0.301 e. The van der Waals surface area contributed by atoms with Crippen molar-refractivity contribution in [2.75, 3.05) is 5.32 Å². The topological polar surface area (TPSA) is 42.0 Å². The molecule has 0 fully saturated rings. The molecule has 1 amide bonds. The standard InChI is InChI=1S/C10H7BrCl2N2OS/c1-4(12)9(16)15-10-14-8-6(13)2-5(11)3-7(8)17-10/h2-4H,1H3,(H,14,15,16)/t4-/m0/s1. The number of nitrogens with zero attached hydrogens (tertiary/aromatic N) is 1. The summed E-state index contributed by atoms with van der Waals surface area (Å²) in [6, 6.07) is 3.66. The van der Waals surface area contributed by atoms with E-state index in [9.17, 15) is 4.79 Å². The summed E-state index contributed by atoms with van der Waals surface area (Å²) in [7, 11) is 0. The molecule has 17 heavy (non-hydrogen) atoms. The SMILES string of the molecule is C[C@H](Cl)C(=O)Nc1nc2c(Cl)cc(Br)cc2s1. The number of nitrogens with one attached hydrogen (secondary N) is 1. The van der Waals surface area contributed by atoms with Crippen molar-refractivity contribution in [3.05, 3.63) is 21.6 Å². The third-order valence-electron chi connectivity index (χ3n) is 2.00. The number of alkyl halides is 1. The Bertz CT molecular complexity index is 585. The van der Waals surface area contributed by atoms with E-state index < -0.39 is 5.38 Å². The number of halogens is 3. The van der Waals surface area contributed by atoms with Gasteiger partial charge >= 0.3 is 0 Å². The Morgan fingerprint density at radius 1 is 1.59 bits per heavy atom. The van der Waals surface area contributed by atoms with Crippen molar-refractivity contribution in [2.45, 2.75) is 12.3 Å². The zero-order valence-electron chi connectivity index (χ0n) is 8.63. The third-order valence-corrected chi connectivity index (χ3v) is 3.87. The molecule has 2 aromatic rings. The fourth-order valence-corrected chi connectivity index (χ4v) is 3.26. The summed E-state index contributed by atoms with van der Waals surface area (Å²) in [5.74, 6) is -0.277. The van der Waals surface area contributed by atoms with Gasteiger partial charge in [0.2, 0.25) is 5.91 Å². The molecule has 0 aliphatic heterocycles. The number of aromatic nitrogens is 1. The summed E-state index contributed by atoms with van der Waals surface area (Å²) in [6.45, 7) is 1.60. The number of thiazole rings is 1. The minimum absolute atomic E-state index is 0.277. The maximum absolute atomic E-state index is 11.4. The van der Waals surface area contributed by atoms with Crippen LogP contribution in [-0.2, 0) is 4.79 Å².